The molecule has 2 aromatic rings. The molecule has 0 amide bonds. The molecular weight excluding hydrogens is 486 g/mol. The summed E-state index contributed by atoms with van der Waals surface area (Å²) in [6.07, 6.45) is 0. The molecule has 160 valence electrons. The van der Waals surface area contributed by atoms with Crippen molar-refractivity contribution in [1.82, 2.24) is 15.5 Å². The molecule has 0 saturated heterocycles. The van der Waals surface area contributed by atoms with Crippen molar-refractivity contribution in [3.63, 3.8) is 0 Å². The van der Waals surface area contributed by atoms with Crippen molar-refractivity contribution in [3.05, 3.63) is 59.4 Å². The van der Waals surface area contributed by atoms with E-state index in [9.17, 15) is 4.39 Å². The number of rotatable bonds is 9. The molecule has 0 spiro atoms. The van der Waals surface area contributed by atoms with Crippen LogP contribution >= 0.6 is 24.0 Å². The molecule has 0 saturated carbocycles. The minimum Gasteiger partial charge on any atom is -0.493 e. The lowest BCUT2D eigenvalue weighted by Crippen LogP contribution is -2.40. The van der Waals surface area contributed by atoms with Gasteiger partial charge >= 0.3 is 0 Å². The standard InChI is InChI=1S/C21H29FN4O2.HI/c1-23-21(25-14-17-7-10-19(27-3)20(13-17)28-4)24-11-12-26(2)15-16-5-8-18(22)9-6-16;/h5-10,13H,11-12,14-15H2,1-4H3,(H2,23,24,25);1H. The van der Waals surface area contributed by atoms with Crippen molar-refractivity contribution in [2.75, 3.05) is 41.4 Å². The van der Waals surface area contributed by atoms with Crippen molar-refractivity contribution >= 4 is 29.9 Å². The van der Waals surface area contributed by atoms with Gasteiger partial charge in [-0.1, -0.05) is 18.2 Å². The topological polar surface area (TPSA) is 58.1 Å². The Bertz CT molecular complexity index is 772. The SMILES string of the molecule is CN=C(NCCN(C)Cc1ccc(F)cc1)NCc1ccc(OC)c(OC)c1.I. The average molecular weight is 516 g/mol. The maximum atomic E-state index is 13.0. The van der Waals surface area contributed by atoms with Crippen molar-refractivity contribution in [1.29, 1.82) is 0 Å². The van der Waals surface area contributed by atoms with Crippen LogP contribution in [0, 0.1) is 5.82 Å². The van der Waals surface area contributed by atoms with Gasteiger partial charge in [-0.3, -0.25) is 4.99 Å². The highest BCUT2D eigenvalue weighted by molar-refractivity contribution is 14.0. The van der Waals surface area contributed by atoms with E-state index in [4.69, 9.17) is 9.47 Å². The Balaban J connectivity index is 0.00000420. The zero-order chi connectivity index (χ0) is 20.4. The first-order valence-corrected chi connectivity index (χ1v) is 9.14. The summed E-state index contributed by atoms with van der Waals surface area (Å²) in [6.45, 7) is 2.95. The highest BCUT2D eigenvalue weighted by Crippen LogP contribution is 2.27. The molecule has 2 aromatic carbocycles. The number of halogens is 2. The summed E-state index contributed by atoms with van der Waals surface area (Å²) < 4.78 is 23.6. The van der Waals surface area contributed by atoms with Gasteiger partial charge in [0.2, 0.25) is 0 Å². The second-order valence-corrected chi connectivity index (χ2v) is 6.41. The highest BCUT2D eigenvalue weighted by Gasteiger charge is 2.06. The zero-order valence-electron chi connectivity index (χ0n) is 17.4. The Morgan fingerprint density at radius 2 is 1.66 bits per heavy atom. The second-order valence-electron chi connectivity index (χ2n) is 6.41. The molecule has 6 nitrogen and oxygen atoms in total. The van der Waals surface area contributed by atoms with E-state index in [1.807, 2.05) is 37.4 Å². The maximum absolute atomic E-state index is 13.0. The van der Waals surface area contributed by atoms with E-state index in [1.165, 1.54) is 12.1 Å². The molecule has 0 aromatic heterocycles. The average Bonchev–Trinajstić information content (AvgIpc) is 2.71. The van der Waals surface area contributed by atoms with Crippen LogP contribution in [-0.4, -0.2) is 52.3 Å². The van der Waals surface area contributed by atoms with Crippen molar-refractivity contribution in [2.24, 2.45) is 4.99 Å². The van der Waals surface area contributed by atoms with E-state index in [0.29, 0.717) is 18.0 Å². The monoisotopic (exact) mass is 516 g/mol. The normalized spacial score (nSPS) is 11.0. The fourth-order valence-corrected chi connectivity index (χ4v) is 2.74. The summed E-state index contributed by atoms with van der Waals surface area (Å²) in [5.74, 6) is 1.92. The summed E-state index contributed by atoms with van der Waals surface area (Å²) in [5, 5.41) is 6.58. The third-order valence-corrected chi connectivity index (χ3v) is 4.28. The second kappa shape index (κ2) is 13.2. The zero-order valence-corrected chi connectivity index (χ0v) is 19.7. The minimum atomic E-state index is -0.211. The quantitative estimate of drug-likeness (QED) is 0.305. The first kappa shape index (κ1) is 25.0. The van der Waals surface area contributed by atoms with E-state index in [1.54, 1.807) is 21.3 Å². The molecule has 0 unspecified atom stereocenters. The van der Waals surface area contributed by atoms with E-state index in [0.717, 1.165) is 36.7 Å². The molecule has 2 rings (SSSR count). The van der Waals surface area contributed by atoms with Gasteiger partial charge < -0.3 is 25.0 Å². The number of ether oxygens (including phenoxy) is 2. The molecule has 0 radical (unpaired) electrons. The number of guanidine groups is 1. The maximum Gasteiger partial charge on any atom is 0.191 e. The molecule has 29 heavy (non-hydrogen) atoms. The largest absolute Gasteiger partial charge is 0.493 e. The van der Waals surface area contributed by atoms with Crippen LogP contribution in [0.15, 0.2) is 47.5 Å². The molecule has 0 heterocycles. The number of nitrogens with zero attached hydrogens (tertiary/aromatic N) is 2. The fourth-order valence-electron chi connectivity index (χ4n) is 2.74. The predicted molar refractivity (Wildman–Crippen MR) is 126 cm³/mol. The summed E-state index contributed by atoms with van der Waals surface area (Å²) in [7, 11) is 7.02. The number of likely N-dealkylation sites (N-methyl/N-ethyl adjacent to an activating group) is 1. The van der Waals surface area contributed by atoms with Gasteiger partial charge in [0.1, 0.15) is 5.82 Å². The van der Waals surface area contributed by atoms with Gasteiger partial charge in [-0.15, -0.1) is 24.0 Å². The Morgan fingerprint density at radius 3 is 2.28 bits per heavy atom. The van der Waals surface area contributed by atoms with Crippen LogP contribution in [-0.2, 0) is 13.1 Å². The molecule has 8 heteroatoms. The van der Waals surface area contributed by atoms with Gasteiger partial charge in [0.25, 0.3) is 0 Å². The smallest absolute Gasteiger partial charge is 0.191 e. The molecular formula is C21H30FIN4O2. The molecule has 0 aliphatic heterocycles. The van der Waals surface area contributed by atoms with Gasteiger partial charge in [0.05, 0.1) is 14.2 Å². The third kappa shape index (κ3) is 8.45. The molecule has 2 N–H and O–H groups in total. The molecule has 0 bridgehead atoms. The fraction of sp³-hybridized carbons (Fsp3) is 0.381. The number of aliphatic imine (C=N–C) groups is 1. The van der Waals surface area contributed by atoms with Crippen molar-refractivity contribution < 1.29 is 13.9 Å². The molecule has 0 aliphatic rings. The number of benzene rings is 2. The van der Waals surface area contributed by atoms with E-state index in [-0.39, 0.29) is 29.8 Å². The Hall–Kier alpha value is -2.07. The van der Waals surface area contributed by atoms with Gasteiger partial charge in [0, 0.05) is 33.2 Å². The van der Waals surface area contributed by atoms with Gasteiger partial charge in [-0.05, 0) is 42.4 Å². The van der Waals surface area contributed by atoms with Crippen LogP contribution < -0.4 is 20.1 Å². The van der Waals surface area contributed by atoms with Gasteiger partial charge in [-0.25, -0.2) is 4.39 Å². The first-order chi connectivity index (χ1) is 13.5. The number of methoxy groups -OCH3 is 2. The van der Waals surface area contributed by atoms with Crippen LogP contribution in [0.1, 0.15) is 11.1 Å². The van der Waals surface area contributed by atoms with Crippen molar-refractivity contribution in [3.8, 4) is 11.5 Å². The van der Waals surface area contributed by atoms with Gasteiger partial charge in [0.15, 0.2) is 17.5 Å². The molecule has 0 aliphatic carbocycles. The summed E-state index contributed by atoms with van der Waals surface area (Å²) >= 11 is 0. The molecule has 0 fully saturated rings. The predicted octanol–water partition coefficient (Wildman–Crippen LogP) is 3.26. The summed E-state index contributed by atoms with van der Waals surface area (Å²) in [4.78, 5) is 6.42. The van der Waals surface area contributed by atoms with E-state index >= 15 is 0 Å². The Labute approximate surface area is 189 Å². The lowest BCUT2D eigenvalue weighted by molar-refractivity contribution is 0.331. The minimum absolute atomic E-state index is 0. The lowest BCUT2D eigenvalue weighted by Gasteiger charge is -2.18. The summed E-state index contributed by atoms with van der Waals surface area (Å²) in [5.41, 5.74) is 2.15. The van der Waals surface area contributed by atoms with Gasteiger partial charge in [-0.2, -0.15) is 0 Å². The van der Waals surface area contributed by atoms with Crippen LogP contribution in [0.5, 0.6) is 11.5 Å². The number of hydrogen-bond donors (Lipinski definition) is 2. The van der Waals surface area contributed by atoms with Crippen molar-refractivity contribution in [2.45, 2.75) is 13.1 Å². The molecule has 0 atom stereocenters. The van der Waals surface area contributed by atoms with Crippen LogP contribution in [0.2, 0.25) is 0 Å². The Morgan fingerprint density at radius 1 is 1.00 bits per heavy atom. The van der Waals surface area contributed by atoms with Crippen LogP contribution in [0.3, 0.4) is 0 Å². The van der Waals surface area contributed by atoms with E-state index < -0.39 is 0 Å². The number of hydrogen-bond acceptors (Lipinski definition) is 4. The first-order valence-electron chi connectivity index (χ1n) is 9.14. The lowest BCUT2D eigenvalue weighted by atomic mass is 10.2. The Kier molecular flexibility index (Phi) is 11.4. The number of nitrogens with one attached hydrogen (secondary N) is 2. The van der Waals surface area contributed by atoms with Crippen LogP contribution in [0.25, 0.3) is 0 Å². The van der Waals surface area contributed by atoms with Crippen LogP contribution in [0.4, 0.5) is 4.39 Å². The highest BCUT2D eigenvalue weighted by atomic mass is 127. The van der Waals surface area contributed by atoms with E-state index in [2.05, 4.69) is 20.5 Å². The third-order valence-electron chi connectivity index (χ3n) is 4.28. The summed E-state index contributed by atoms with van der Waals surface area (Å²) in [6, 6.07) is 12.4.